The van der Waals surface area contributed by atoms with Gasteiger partial charge in [0.05, 0.1) is 18.4 Å². The van der Waals surface area contributed by atoms with Crippen LogP contribution < -0.4 is 9.64 Å². The van der Waals surface area contributed by atoms with Crippen molar-refractivity contribution in [3.8, 4) is 5.75 Å². The SMILES string of the molecule is COc1ccc(N(/C=C(/C)[C@H](c2ccccc2)C2(O)CCCCC2)C(=O)OC(C)(C)C)cc1. The van der Waals surface area contributed by atoms with E-state index in [9.17, 15) is 9.90 Å². The second-order valence-electron chi connectivity index (χ2n) is 9.93. The molecular formula is C28H37NO4. The molecule has 0 spiro atoms. The molecule has 1 amide bonds. The van der Waals surface area contributed by atoms with Crippen molar-refractivity contribution in [3.05, 3.63) is 71.9 Å². The summed E-state index contributed by atoms with van der Waals surface area (Å²) in [5, 5.41) is 11.7. The summed E-state index contributed by atoms with van der Waals surface area (Å²) >= 11 is 0. The van der Waals surface area contributed by atoms with Crippen molar-refractivity contribution < 1.29 is 19.4 Å². The highest BCUT2D eigenvalue weighted by Gasteiger charge is 2.40. The smallest absolute Gasteiger partial charge is 0.418 e. The molecule has 1 aliphatic carbocycles. The number of hydrogen-bond donors (Lipinski definition) is 1. The number of carbonyl (C=O) groups excluding carboxylic acids is 1. The molecule has 1 saturated carbocycles. The lowest BCUT2D eigenvalue weighted by molar-refractivity contribution is -0.0121. The lowest BCUT2D eigenvalue weighted by Crippen LogP contribution is -2.40. The molecule has 1 fully saturated rings. The first-order valence-corrected chi connectivity index (χ1v) is 11.7. The third kappa shape index (κ3) is 6.38. The number of hydrogen-bond acceptors (Lipinski definition) is 4. The van der Waals surface area contributed by atoms with Gasteiger partial charge in [-0.25, -0.2) is 4.79 Å². The molecule has 0 bridgehead atoms. The van der Waals surface area contributed by atoms with Crippen molar-refractivity contribution >= 4 is 11.8 Å². The van der Waals surface area contributed by atoms with E-state index in [1.807, 2.05) is 76.4 Å². The summed E-state index contributed by atoms with van der Waals surface area (Å²) in [6.45, 7) is 7.55. The molecule has 5 nitrogen and oxygen atoms in total. The summed E-state index contributed by atoms with van der Waals surface area (Å²) in [6.07, 6.45) is 5.99. The van der Waals surface area contributed by atoms with E-state index in [2.05, 4.69) is 12.1 Å². The van der Waals surface area contributed by atoms with Crippen LogP contribution in [0.3, 0.4) is 0 Å². The number of ether oxygens (including phenoxy) is 2. The molecule has 1 atom stereocenters. The van der Waals surface area contributed by atoms with Gasteiger partial charge in [-0.15, -0.1) is 0 Å². The molecule has 0 aromatic heterocycles. The highest BCUT2D eigenvalue weighted by molar-refractivity contribution is 5.90. The van der Waals surface area contributed by atoms with Gasteiger partial charge in [0.1, 0.15) is 11.4 Å². The number of methoxy groups -OCH3 is 1. The molecule has 1 N–H and O–H groups in total. The van der Waals surface area contributed by atoms with E-state index in [0.29, 0.717) is 11.4 Å². The first kappa shape index (κ1) is 24.8. The largest absolute Gasteiger partial charge is 0.497 e. The molecule has 0 heterocycles. The van der Waals surface area contributed by atoms with Gasteiger partial charge >= 0.3 is 6.09 Å². The number of carbonyl (C=O) groups is 1. The number of nitrogens with zero attached hydrogens (tertiary/aromatic N) is 1. The fourth-order valence-electron chi connectivity index (χ4n) is 4.66. The van der Waals surface area contributed by atoms with Crippen LogP contribution in [-0.2, 0) is 4.74 Å². The van der Waals surface area contributed by atoms with Gasteiger partial charge in [-0.2, -0.15) is 0 Å². The third-order valence-corrected chi connectivity index (χ3v) is 6.12. The Morgan fingerprint density at radius 1 is 1.03 bits per heavy atom. The molecule has 0 saturated heterocycles. The van der Waals surface area contributed by atoms with Crippen molar-refractivity contribution in [2.24, 2.45) is 0 Å². The highest BCUT2D eigenvalue weighted by Crippen LogP contribution is 2.44. The van der Waals surface area contributed by atoms with E-state index in [0.717, 1.165) is 43.2 Å². The van der Waals surface area contributed by atoms with Crippen LogP contribution in [0, 0.1) is 0 Å². The van der Waals surface area contributed by atoms with Gasteiger partial charge < -0.3 is 14.6 Å². The van der Waals surface area contributed by atoms with E-state index in [1.54, 1.807) is 7.11 Å². The predicted molar refractivity (Wildman–Crippen MR) is 133 cm³/mol. The first-order valence-electron chi connectivity index (χ1n) is 11.7. The van der Waals surface area contributed by atoms with Gasteiger partial charge in [-0.3, -0.25) is 4.90 Å². The summed E-state index contributed by atoms with van der Waals surface area (Å²) in [5.41, 5.74) is 1.15. The molecule has 0 aliphatic heterocycles. The topological polar surface area (TPSA) is 59.0 Å². The Bertz CT molecular complexity index is 938. The molecule has 0 unspecified atom stereocenters. The number of aliphatic hydroxyl groups is 1. The molecule has 0 radical (unpaired) electrons. The second kappa shape index (κ2) is 10.4. The first-order chi connectivity index (χ1) is 15.6. The molecule has 2 aromatic rings. The lowest BCUT2D eigenvalue weighted by Gasteiger charge is -2.40. The maximum absolute atomic E-state index is 13.2. The van der Waals surface area contributed by atoms with Crippen LogP contribution in [-0.4, -0.2) is 29.5 Å². The van der Waals surface area contributed by atoms with Crippen LogP contribution in [0.15, 0.2) is 66.4 Å². The van der Waals surface area contributed by atoms with Crippen LogP contribution in [0.5, 0.6) is 5.75 Å². The number of benzene rings is 2. The minimum absolute atomic E-state index is 0.220. The average molecular weight is 452 g/mol. The number of amides is 1. The molecular weight excluding hydrogens is 414 g/mol. The van der Waals surface area contributed by atoms with Crippen molar-refractivity contribution in [1.29, 1.82) is 0 Å². The van der Waals surface area contributed by atoms with Gasteiger partial charge in [0, 0.05) is 12.1 Å². The molecule has 3 rings (SSSR count). The van der Waals surface area contributed by atoms with Crippen LogP contribution in [0.25, 0.3) is 0 Å². The zero-order valence-corrected chi connectivity index (χ0v) is 20.5. The van der Waals surface area contributed by atoms with E-state index < -0.39 is 17.3 Å². The van der Waals surface area contributed by atoms with Gasteiger partial charge in [0.15, 0.2) is 0 Å². The minimum atomic E-state index is -0.848. The van der Waals surface area contributed by atoms with E-state index in [-0.39, 0.29) is 5.92 Å². The monoisotopic (exact) mass is 451 g/mol. The fourth-order valence-corrected chi connectivity index (χ4v) is 4.66. The van der Waals surface area contributed by atoms with Crippen molar-refractivity contribution in [1.82, 2.24) is 0 Å². The maximum atomic E-state index is 13.2. The predicted octanol–water partition coefficient (Wildman–Crippen LogP) is 6.82. The van der Waals surface area contributed by atoms with Gasteiger partial charge in [0.2, 0.25) is 0 Å². The summed E-state index contributed by atoms with van der Waals surface area (Å²) in [6, 6.07) is 17.4. The van der Waals surface area contributed by atoms with Gasteiger partial charge in [-0.05, 0) is 75.9 Å². The van der Waals surface area contributed by atoms with E-state index in [4.69, 9.17) is 9.47 Å². The lowest BCUT2D eigenvalue weighted by atomic mass is 9.70. The van der Waals surface area contributed by atoms with Crippen LogP contribution in [0.2, 0.25) is 0 Å². The van der Waals surface area contributed by atoms with Gasteiger partial charge in [-0.1, -0.05) is 49.6 Å². The average Bonchev–Trinajstić information content (AvgIpc) is 2.77. The normalized spacial score (nSPS) is 17.2. The Labute approximate surface area is 198 Å². The quantitative estimate of drug-likeness (QED) is 0.523. The third-order valence-electron chi connectivity index (χ3n) is 6.12. The number of rotatable bonds is 6. The zero-order valence-electron chi connectivity index (χ0n) is 20.5. The van der Waals surface area contributed by atoms with E-state index in [1.165, 1.54) is 4.90 Å². The van der Waals surface area contributed by atoms with Gasteiger partial charge in [0.25, 0.3) is 0 Å². The molecule has 33 heavy (non-hydrogen) atoms. The molecule has 5 heteroatoms. The summed E-state index contributed by atoms with van der Waals surface area (Å²) in [5.74, 6) is 0.490. The Kier molecular flexibility index (Phi) is 7.85. The van der Waals surface area contributed by atoms with Crippen LogP contribution in [0.1, 0.15) is 71.3 Å². The summed E-state index contributed by atoms with van der Waals surface area (Å²) in [7, 11) is 1.61. The van der Waals surface area contributed by atoms with Crippen molar-refractivity contribution in [2.45, 2.75) is 76.9 Å². The number of anilines is 1. The van der Waals surface area contributed by atoms with E-state index >= 15 is 0 Å². The van der Waals surface area contributed by atoms with Crippen molar-refractivity contribution in [2.75, 3.05) is 12.0 Å². The Balaban J connectivity index is 2.05. The van der Waals surface area contributed by atoms with Crippen LogP contribution >= 0.6 is 0 Å². The van der Waals surface area contributed by atoms with Crippen molar-refractivity contribution in [3.63, 3.8) is 0 Å². The maximum Gasteiger partial charge on any atom is 0.418 e. The fraction of sp³-hybridized carbons (Fsp3) is 0.464. The Hall–Kier alpha value is -2.79. The highest BCUT2D eigenvalue weighted by atomic mass is 16.6. The molecule has 2 aromatic carbocycles. The standard InChI is InChI=1S/C28H37NO4/c1-21(25(22-12-8-6-9-13-22)28(31)18-10-7-11-19-28)20-29(26(30)33-27(2,3)4)23-14-16-24(32-5)17-15-23/h6,8-9,12-17,20,25,31H,7,10-11,18-19H2,1-5H3/b21-20-/t25-/m1/s1. The Morgan fingerprint density at radius 2 is 1.64 bits per heavy atom. The molecule has 1 aliphatic rings. The zero-order chi connectivity index (χ0) is 24.1. The van der Waals surface area contributed by atoms with Crippen LogP contribution in [0.4, 0.5) is 10.5 Å². The Morgan fingerprint density at radius 3 is 2.18 bits per heavy atom. The minimum Gasteiger partial charge on any atom is -0.497 e. The second-order valence-corrected chi connectivity index (χ2v) is 9.93. The molecule has 178 valence electrons. The summed E-state index contributed by atoms with van der Waals surface area (Å²) < 4.78 is 11.0. The summed E-state index contributed by atoms with van der Waals surface area (Å²) in [4.78, 5) is 14.8.